The van der Waals surface area contributed by atoms with Gasteiger partial charge in [0.1, 0.15) is 5.75 Å². The summed E-state index contributed by atoms with van der Waals surface area (Å²) in [4.78, 5) is 18.8. The Labute approximate surface area is 180 Å². The van der Waals surface area contributed by atoms with E-state index in [1.807, 2.05) is 49.4 Å². The van der Waals surface area contributed by atoms with Crippen molar-refractivity contribution in [1.82, 2.24) is 10.1 Å². The van der Waals surface area contributed by atoms with E-state index in [2.05, 4.69) is 24.0 Å². The SMILES string of the molecule is Cc1ccc(N2CC(c3nc(-c4ccc(OCC(C)C)cc4)no3)CC2=O)cc1Cl. The minimum Gasteiger partial charge on any atom is -0.493 e. The summed E-state index contributed by atoms with van der Waals surface area (Å²) in [6.45, 7) is 7.31. The van der Waals surface area contributed by atoms with Crippen molar-refractivity contribution in [3.8, 4) is 17.1 Å². The molecule has 0 saturated carbocycles. The van der Waals surface area contributed by atoms with E-state index in [0.29, 0.717) is 42.2 Å². The molecule has 4 rings (SSSR count). The highest BCUT2D eigenvalue weighted by molar-refractivity contribution is 6.31. The zero-order valence-corrected chi connectivity index (χ0v) is 18.0. The van der Waals surface area contributed by atoms with Crippen molar-refractivity contribution in [2.24, 2.45) is 5.92 Å². The van der Waals surface area contributed by atoms with Crippen LogP contribution >= 0.6 is 11.6 Å². The smallest absolute Gasteiger partial charge is 0.232 e. The second-order valence-corrected chi connectivity index (χ2v) is 8.43. The molecule has 1 amide bonds. The van der Waals surface area contributed by atoms with E-state index in [-0.39, 0.29) is 11.8 Å². The second kappa shape index (κ2) is 8.48. The summed E-state index contributed by atoms with van der Waals surface area (Å²) >= 11 is 6.22. The van der Waals surface area contributed by atoms with Crippen LogP contribution in [0.2, 0.25) is 5.02 Å². The van der Waals surface area contributed by atoms with Crippen molar-refractivity contribution in [2.75, 3.05) is 18.1 Å². The highest BCUT2D eigenvalue weighted by atomic mass is 35.5. The van der Waals surface area contributed by atoms with Gasteiger partial charge in [-0.1, -0.05) is 36.7 Å². The fourth-order valence-electron chi connectivity index (χ4n) is 3.35. The molecule has 7 heteroatoms. The number of ether oxygens (including phenoxy) is 1. The lowest BCUT2D eigenvalue weighted by Gasteiger charge is -2.17. The van der Waals surface area contributed by atoms with Crippen LogP contribution in [0, 0.1) is 12.8 Å². The van der Waals surface area contributed by atoms with Crippen LogP contribution in [-0.4, -0.2) is 29.2 Å². The number of aromatic nitrogens is 2. The number of aryl methyl sites for hydroxylation is 1. The fourth-order valence-corrected chi connectivity index (χ4v) is 3.53. The molecule has 2 aromatic carbocycles. The number of halogens is 1. The van der Waals surface area contributed by atoms with E-state index in [0.717, 1.165) is 22.6 Å². The van der Waals surface area contributed by atoms with Gasteiger partial charge in [0.15, 0.2) is 0 Å². The van der Waals surface area contributed by atoms with Gasteiger partial charge in [-0.15, -0.1) is 0 Å². The molecular weight excluding hydrogens is 402 g/mol. The second-order valence-electron chi connectivity index (χ2n) is 8.02. The minimum absolute atomic E-state index is 0.0197. The predicted molar refractivity (Wildman–Crippen MR) is 116 cm³/mol. The lowest BCUT2D eigenvalue weighted by Crippen LogP contribution is -2.24. The van der Waals surface area contributed by atoms with Gasteiger partial charge in [-0.3, -0.25) is 4.79 Å². The Hall–Kier alpha value is -2.86. The summed E-state index contributed by atoms with van der Waals surface area (Å²) in [5.74, 6) is 2.13. The first-order valence-corrected chi connectivity index (χ1v) is 10.4. The van der Waals surface area contributed by atoms with Gasteiger partial charge in [-0.2, -0.15) is 4.98 Å². The van der Waals surface area contributed by atoms with Crippen LogP contribution in [-0.2, 0) is 4.79 Å². The Balaban J connectivity index is 1.46. The number of rotatable bonds is 6. The number of benzene rings is 2. The molecule has 30 heavy (non-hydrogen) atoms. The molecule has 3 aromatic rings. The molecule has 1 atom stereocenters. The van der Waals surface area contributed by atoms with Crippen molar-refractivity contribution in [3.05, 3.63) is 58.9 Å². The number of hydrogen-bond donors (Lipinski definition) is 0. The Morgan fingerprint density at radius 2 is 2.00 bits per heavy atom. The Bertz CT molecular complexity index is 1050. The molecule has 0 bridgehead atoms. The van der Waals surface area contributed by atoms with Gasteiger partial charge in [0.2, 0.25) is 17.6 Å². The van der Waals surface area contributed by atoms with Gasteiger partial charge in [0.05, 0.1) is 12.5 Å². The van der Waals surface area contributed by atoms with E-state index in [1.165, 1.54) is 0 Å². The van der Waals surface area contributed by atoms with Crippen molar-refractivity contribution in [3.63, 3.8) is 0 Å². The van der Waals surface area contributed by atoms with Gasteiger partial charge in [-0.25, -0.2) is 0 Å². The molecule has 1 saturated heterocycles. The fraction of sp³-hybridized carbons (Fsp3) is 0.348. The summed E-state index contributed by atoms with van der Waals surface area (Å²) in [7, 11) is 0. The third-order valence-corrected chi connectivity index (χ3v) is 5.49. The first-order valence-electron chi connectivity index (χ1n) is 10.0. The normalized spacial score (nSPS) is 16.5. The Morgan fingerprint density at radius 3 is 2.70 bits per heavy atom. The van der Waals surface area contributed by atoms with Crippen LogP contribution in [0.15, 0.2) is 47.0 Å². The largest absolute Gasteiger partial charge is 0.493 e. The molecule has 156 valence electrons. The number of anilines is 1. The van der Waals surface area contributed by atoms with Crippen molar-refractivity contribution in [1.29, 1.82) is 0 Å². The number of nitrogens with zero attached hydrogens (tertiary/aromatic N) is 3. The third-order valence-electron chi connectivity index (χ3n) is 5.08. The van der Waals surface area contributed by atoms with Gasteiger partial charge in [0, 0.05) is 29.2 Å². The highest BCUT2D eigenvalue weighted by Crippen LogP contribution is 2.33. The minimum atomic E-state index is -0.146. The molecule has 1 aliphatic rings. The third kappa shape index (κ3) is 4.33. The molecule has 6 nitrogen and oxygen atoms in total. The number of hydrogen-bond acceptors (Lipinski definition) is 5. The van der Waals surface area contributed by atoms with Gasteiger partial charge >= 0.3 is 0 Å². The van der Waals surface area contributed by atoms with Crippen LogP contribution in [0.1, 0.15) is 37.6 Å². The van der Waals surface area contributed by atoms with Crippen LogP contribution in [0.3, 0.4) is 0 Å². The first-order chi connectivity index (χ1) is 14.4. The molecule has 0 aliphatic carbocycles. The topological polar surface area (TPSA) is 68.5 Å². The monoisotopic (exact) mass is 425 g/mol. The van der Waals surface area contributed by atoms with Gasteiger partial charge in [-0.05, 0) is 54.8 Å². The zero-order valence-electron chi connectivity index (χ0n) is 17.3. The molecule has 2 heterocycles. The molecule has 1 aliphatic heterocycles. The highest BCUT2D eigenvalue weighted by Gasteiger charge is 2.35. The average molecular weight is 426 g/mol. The molecule has 1 aromatic heterocycles. The lowest BCUT2D eigenvalue weighted by atomic mass is 10.1. The van der Waals surface area contributed by atoms with Gasteiger partial charge in [0.25, 0.3) is 0 Å². The van der Waals surface area contributed by atoms with Crippen molar-refractivity contribution in [2.45, 2.75) is 33.1 Å². The van der Waals surface area contributed by atoms with E-state index in [1.54, 1.807) is 4.90 Å². The molecule has 0 radical (unpaired) electrons. The molecular formula is C23H24ClN3O3. The maximum absolute atomic E-state index is 12.6. The maximum atomic E-state index is 12.6. The lowest BCUT2D eigenvalue weighted by molar-refractivity contribution is -0.117. The van der Waals surface area contributed by atoms with Gasteiger partial charge < -0.3 is 14.2 Å². The maximum Gasteiger partial charge on any atom is 0.232 e. The van der Waals surface area contributed by atoms with Crippen LogP contribution in [0.4, 0.5) is 5.69 Å². The summed E-state index contributed by atoms with van der Waals surface area (Å²) in [5.41, 5.74) is 2.61. The molecule has 0 N–H and O–H groups in total. The first kappa shape index (κ1) is 20.4. The standard InChI is InChI=1S/C23H24ClN3O3/c1-14(2)13-29-19-8-5-16(6-9-19)22-25-23(30-26-22)17-10-21(28)27(12-17)18-7-4-15(3)20(24)11-18/h4-9,11,14,17H,10,12-13H2,1-3H3. The van der Waals surface area contributed by atoms with Crippen LogP contribution < -0.4 is 9.64 Å². The number of amides is 1. The van der Waals surface area contributed by atoms with Crippen LogP contribution in [0.5, 0.6) is 5.75 Å². The van der Waals surface area contributed by atoms with E-state index < -0.39 is 0 Å². The van der Waals surface area contributed by atoms with E-state index in [4.69, 9.17) is 20.9 Å². The van der Waals surface area contributed by atoms with Crippen molar-refractivity contribution < 1.29 is 14.1 Å². The number of carbonyl (C=O) groups is 1. The van der Waals surface area contributed by atoms with Crippen molar-refractivity contribution >= 4 is 23.2 Å². The average Bonchev–Trinajstić information content (AvgIpc) is 3.36. The van der Waals surface area contributed by atoms with Crippen LogP contribution in [0.25, 0.3) is 11.4 Å². The summed E-state index contributed by atoms with van der Waals surface area (Å²) in [5, 5.41) is 4.75. The Morgan fingerprint density at radius 1 is 1.23 bits per heavy atom. The zero-order chi connectivity index (χ0) is 21.3. The predicted octanol–water partition coefficient (Wildman–Crippen LogP) is 5.25. The number of carbonyl (C=O) groups excluding carboxylic acids is 1. The quantitative estimate of drug-likeness (QED) is 0.539. The molecule has 0 spiro atoms. The van der Waals surface area contributed by atoms with E-state index in [9.17, 15) is 4.79 Å². The van der Waals surface area contributed by atoms with E-state index >= 15 is 0 Å². The molecule has 1 unspecified atom stereocenters. The summed E-state index contributed by atoms with van der Waals surface area (Å²) in [6.07, 6.45) is 0.328. The summed E-state index contributed by atoms with van der Waals surface area (Å²) < 4.78 is 11.2. The summed E-state index contributed by atoms with van der Waals surface area (Å²) in [6, 6.07) is 13.3. The Kier molecular flexibility index (Phi) is 5.77. The molecule has 1 fully saturated rings.